The summed E-state index contributed by atoms with van der Waals surface area (Å²) in [6, 6.07) is 18.7. The topological polar surface area (TPSA) is 74.2 Å². The molecule has 0 aliphatic carbocycles. The van der Waals surface area contributed by atoms with Crippen LogP contribution in [0.4, 0.5) is 0 Å². The Morgan fingerprint density at radius 3 is 2.40 bits per heavy atom. The molecule has 0 amide bonds. The van der Waals surface area contributed by atoms with Gasteiger partial charge in [-0.05, 0) is 80.5 Å². The Bertz CT molecular complexity index is 2130. The van der Waals surface area contributed by atoms with Gasteiger partial charge in [0.05, 0.1) is 16.4 Å². The van der Waals surface area contributed by atoms with Crippen LogP contribution < -0.4 is 11.1 Å². The summed E-state index contributed by atoms with van der Waals surface area (Å²) in [5.41, 5.74) is 6.07. The maximum absolute atomic E-state index is 14.0. The van der Waals surface area contributed by atoms with Crippen LogP contribution in [0.15, 0.2) is 81.6 Å². The third kappa shape index (κ3) is 4.81. The molecule has 2 aromatic carbocycles. The number of rotatable bonds is 5. The predicted octanol–water partition coefficient (Wildman–Crippen LogP) is 6.85. The Morgan fingerprint density at radius 1 is 0.900 bits per heavy atom. The molecule has 0 saturated carbocycles. The van der Waals surface area contributed by atoms with Crippen LogP contribution in [0.25, 0.3) is 27.4 Å². The minimum atomic E-state index is -0.233. The summed E-state index contributed by atoms with van der Waals surface area (Å²) in [5.74, 6) is 0.326. The van der Waals surface area contributed by atoms with Crippen molar-refractivity contribution in [3.63, 3.8) is 0 Å². The summed E-state index contributed by atoms with van der Waals surface area (Å²) < 4.78 is 5.90. The summed E-state index contributed by atoms with van der Waals surface area (Å²) in [6.07, 6.45) is 1.54. The highest BCUT2D eigenvalue weighted by atomic mass is 35.5. The number of thioether (sulfide) groups is 1. The highest BCUT2D eigenvalue weighted by molar-refractivity contribution is 7.98. The Morgan fingerprint density at radius 2 is 1.65 bits per heavy atom. The van der Waals surface area contributed by atoms with E-state index in [4.69, 9.17) is 28.8 Å². The maximum Gasteiger partial charge on any atom is 0.278 e. The second-order valence-corrected chi connectivity index (χ2v) is 12.5. The lowest BCUT2D eigenvalue weighted by molar-refractivity contribution is 0.811. The van der Waals surface area contributed by atoms with Crippen molar-refractivity contribution in [2.75, 3.05) is 0 Å². The Balaban J connectivity index is 1.52. The predicted molar refractivity (Wildman–Crippen MR) is 166 cm³/mol. The van der Waals surface area contributed by atoms with E-state index in [0.717, 1.165) is 16.8 Å². The van der Waals surface area contributed by atoms with Crippen LogP contribution in [-0.2, 0) is 5.75 Å². The lowest BCUT2D eigenvalue weighted by atomic mass is 10.1. The molecule has 0 saturated heterocycles. The van der Waals surface area contributed by atoms with Gasteiger partial charge >= 0.3 is 0 Å². The van der Waals surface area contributed by atoms with E-state index >= 15 is 0 Å². The van der Waals surface area contributed by atoms with Gasteiger partial charge in [-0.1, -0.05) is 58.5 Å². The van der Waals surface area contributed by atoms with E-state index in [1.165, 1.54) is 39.1 Å². The minimum absolute atomic E-state index is 0.198. The molecule has 0 radical (unpaired) electrons. The Hall–Kier alpha value is -3.57. The van der Waals surface area contributed by atoms with Crippen LogP contribution in [-0.4, -0.2) is 23.5 Å². The van der Waals surface area contributed by atoms with Gasteiger partial charge in [-0.3, -0.25) is 23.1 Å². The molecule has 0 fully saturated rings. The Kier molecular flexibility index (Phi) is 6.95. The van der Waals surface area contributed by atoms with Crippen LogP contribution in [0, 0.1) is 24.7 Å². The normalized spacial score (nSPS) is 11.5. The summed E-state index contributed by atoms with van der Waals surface area (Å²) in [6.45, 7) is 6.09. The molecule has 0 N–H and O–H groups in total. The van der Waals surface area contributed by atoms with E-state index in [9.17, 15) is 9.59 Å². The van der Waals surface area contributed by atoms with E-state index < -0.39 is 0 Å². The molecule has 7 nitrogen and oxygen atoms in total. The second-order valence-electron chi connectivity index (χ2n) is 9.45. The quantitative estimate of drug-likeness (QED) is 0.122. The first kappa shape index (κ1) is 26.6. The van der Waals surface area contributed by atoms with E-state index in [1.54, 1.807) is 22.9 Å². The van der Waals surface area contributed by atoms with E-state index in [0.29, 0.717) is 47.3 Å². The summed E-state index contributed by atoms with van der Waals surface area (Å²) >= 11 is 14.4. The SMILES string of the molecule is Cc1ccc(-n2c(SCc3cc(=O)n4cc(Cl)ccc4n3)nc3c(sc(=S)n3-c3ccc(C)c(C)c3)c2=O)cc1. The zero-order valence-corrected chi connectivity index (χ0v) is 24.9. The van der Waals surface area contributed by atoms with E-state index in [-0.39, 0.29) is 11.1 Å². The highest BCUT2D eigenvalue weighted by Crippen LogP contribution is 2.29. The van der Waals surface area contributed by atoms with Crippen LogP contribution >= 0.6 is 46.9 Å². The van der Waals surface area contributed by atoms with Gasteiger partial charge in [0.2, 0.25) is 0 Å². The molecular weight excluding hydrogens is 582 g/mol. The maximum atomic E-state index is 14.0. The van der Waals surface area contributed by atoms with Crippen molar-refractivity contribution in [3.05, 3.63) is 119 Å². The molecule has 6 rings (SSSR count). The largest absolute Gasteiger partial charge is 0.278 e. The third-order valence-electron chi connectivity index (χ3n) is 6.64. The average Bonchev–Trinajstić information content (AvgIpc) is 3.26. The van der Waals surface area contributed by atoms with Gasteiger partial charge in [-0.2, -0.15) is 0 Å². The fourth-order valence-electron chi connectivity index (χ4n) is 4.38. The summed E-state index contributed by atoms with van der Waals surface area (Å²) in [5, 5.41) is 0.928. The molecule has 40 heavy (non-hydrogen) atoms. The smallest absolute Gasteiger partial charge is 0.275 e. The molecule has 0 aliphatic heterocycles. The molecule has 0 bridgehead atoms. The van der Waals surface area contributed by atoms with Crippen molar-refractivity contribution in [2.45, 2.75) is 31.7 Å². The fourth-order valence-corrected chi connectivity index (χ4v) is 6.75. The molecular formula is C29H22ClN5O2S3. The van der Waals surface area contributed by atoms with Crippen LogP contribution in [0.2, 0.25) is 5.02 Å². The molecule has 200 valence electrons. The van der Waals surface area contributed by atoms with Crippen LogP contribution in [0.3, 0.4) is 0 Å². The first-order valence-corrected chi connectivity index (χ1v) is 14.9. The lowest BCUT2D eigenvalue weighted by Gasteiger charge is -2.13. The molecule has 6 aromatic rings. The molecule has 11 heteroatoms. The highest BCUT2D eigenvalue weighted by Gasteiger charge is 2.20. The molecule has 0 aliphatic rings. The van der Waals surface area contributed by atoms with Crippen molar-refractivity contribution >= 4 is 62.9 Å². The molecule has 0 spiro atoms. The van der Waals surface area contributed by atoms with Crippen molar-refractivity contribution in [1.29, 1.82) is 0 Å². The molecule has 0 unspecified atom stereocenters. The Labute approximate surface area is 247 Å². The number of thiazole rings is 1. The average molecular weight is 604 g/mol. The van der Waals surface area contributed by atoms with Crippen molar-refractivity contribution in [1.82, 2.24) is 23.5 Å². The first-order chi connectivity index (χ1) is 19.2. The van der Waals surface area contributed by atoms with Gasteiger partial charge in [0, 0.05) is 23.7 Å². The minimum Gasteiger partial charge on any atom is -0.275 e. The number of pyridine rings is 1. The zero-order valence-electron chi connectivity index (χ0n) is 21.7. The van der Waals surface area contributed by atoms with Crippen LogP contribution in [0.5, 0.6) is 0 Å². The number of hydrogen-bond donors (Lipinski definition) is 0. The molecule has 4 aromatic heterocycles. The fraction of sp³-hybridized carbons (Fsp3) is 0.138. The number of aromatic nitrogens is 5. The molecule has 4 heterocycles. The number of hydrogen-bond acceptors (Lipinski definition) is 7. The molecule has 0 atom stereocenters. The number of nitrogens with zero attached hydrogens (tertiary/aromatic N) is 5. The first-order valence-electron chi connectivity index (χ1n) is 12.3. The third-order valence-corrected chi connectivity index (χ3v) is 9.19. The van der Waals surface area contributed by atoms with Gasteiger partial charge in [0.1, 0.15) is 10.3 Å². The van der Waals surface area contributed by atoms with Crippen LogP contribution in [0.1, 0.15) is 22.4 Å². The lowest BCUT2D eigenvalue weighted by Crippen LogP contribution is -2.21. The van der Waals surface area contributed by atoms with Gasteiger partial charge in [-0.15, -0.1) is 0 Å². The van der Waals surface area contributed by atoms with E-state index in [2.05, 4.69) is 18.0 Å². The van der Waals surface area contributed by atoms with Crippen molar-refractivity contribution in [3.8, 4) is 11.4 Å². The number of aryl methyl sites for hydroxylation is 3. The summed E-state index contributed by atoms with van der Waals surface area (Å²) in [7, 11) is 0. The zero-order chi connectivity index (χ0) is 28.1. The second kappa shape index (κ2) is 10.4. The summed E-state index contributed by atoms with van der Waals surface area (Å²) in [4.78, 5) is 36.4. The monoisotopic (exact) mass is 603 g/mol. The number of benzene rings is 2. The van der Waals surface area contributed by atoms with Gasteiger partial charge in [-0.25, -0.2) is 9.97 Å². The van der Waals surface area contributed by atoms with Crippen molar-refractivity contribution in [2.24, 2.45) is 0 Å². The standard InChI is InChI=1S/C29H22ClN5O2S3/c1-16-4-8-21(9-5-16)35-27(37)25-26(34(29(38)40-25)22-10-6-17(2)18(3)12-22)32-28(35)39-15-20-13-24(36)33-14-19(30)7-11-23(33)31-20/h4-14H,15H2,1-3H3. The van der Waals surface area contributed by atoms with Crippen molar-refractivity contribution < 1.29 is 0 Å². The number of fused-ring (bicyclic) bond motifs is 2. The van der Waals surface area contributed by atoms with Gasteiger partial charge in [0.15, 0.2) is 14.8 Å². The van der Waals surface area contributed by atoms with E-state index in [1.807, 2.05) is 54.8 Å². The van der Waals surface area contributed by atoms with Gasteiger partial charge in [0.25, 0.3) is 11.1 Å². The van der Waals surface area contributed by atoms with Gasteiger partial charge < -0.3 is 0 Å². The number of halogens is 1.